The maximum absolute atomic E-state index is 15.1. The number of ether oxygens (including phenoxy) is 3. The summed E-state index contributed by atoms with van der Waals surface area (Å²) in [4.78, 5) is 31.5. The molecule has 13 heteroatoms. The van der Waals surface area contributed by atoms with Gasteiger partial charge in [0.05, 0.1) is 29.2 Å². The number of hydrogen-bond acceptors (Lipinski definition) is 12. The maximum Gasteiger partial charge on any atom is 0.240 e. The number of fused-ring (bicyclic) bond motifs is 3. The number of carbonyl (C=O) groups is 2. The lowest BCUT2D eigenvalue weighted by Crippen LogP contribution is -2.71. The van der Waals surface area contributed by atoms with Crippen molar-refractivity contribution in [3.63, 3.8) is 0 Å². The van der Waals surface area contributed by atoms with E-state index in [1.54, 1.807) is 7.11 Å². The Balaban J connectivity index is 1.13. The van der Waals surface area contributed by atoms with Gasteiger partial charge in [-0.2, -0.15) is 0 Å². The van der Waals surface area contributed by atoms with Crippen LogP contribution in [0.1, 0.15) is 111 Å². The van der Waals surface area contributed by atoms with Crippen molar-refractivity contribution in [1.82, 2.24) is 10.2 Å². The largest absolute Gasteiger partial charge is 0.396 e. The number of aliphatic hydroxyl groups is 6. The van der Waals surface area contributed by atoms with Crippen LogP contribution in [0.2, 0.25) is 0 Å². The Morgan fingerprint density at radius 3 is 2.46 bits per heavy atom. The van der Waals surface area contributed by atoms with E-state index in [4.69, 9.17) is 14.2 Å². The van der Waals surface area contributed by atoms with Crippen molar-refractivity contribution in [3.8, 4) is 11.8 Å². The van der Waals surface area contributed by atoms with Gasteiger partial charge in [0.15, 0.2) is 5.78 Å². The molecule has 0 radical (unpaired) electrons. The van der Waals surface area contributed by atoms with Crippen molar-refractivity contribution in [2.24, 2.45) is 51.2 Å². The van der Waals surface area contributed by atoms with E-state index >= 15 is 4.79 Å². The van der Waals surface area contributed by atoms with Crippen LogP contribution < -0.4 is 5.32 Å². The summed E-state index contributed by atoms with van der Waals surface area (Å²) in [6.45, 7) is 6.72. The van der Waals surface area contributed by atoms with Gasteiger partial charge in [-0.3, -0.25) is 14.9 Å². The van der Waals surface area contributed by atoms with Gasteiger partial charge >= 0.3 is 0 Å². The number of allylic oxidation sites excluding steroid dienone is 1. The number of carbonyl (C=O) groups excluding carboxylic acids is 2. The standard InChI is InChI=1S/C46H66N2O11/c1-40-16-12-27(58-20-8-19-57-4)22-30(40)33(50)28-11-10-25-21-31-41(2)17-18-44(40,35(28)45(25,41)54)15-7-9-26-23-48(26)39(52)36-43(13-5-6-14-43)32-29(24-49)37(46(55,56)42(31,3)53)59-34(32)38(51)47-36/h25-27,29-32,34,36-38,47,49,51,53-56H,5-6,8-14,16-24H2,1-4H3/t25-,26-,27+,29-,30+,31+,32-,34-,36+,37+,38+,40+,41-,42+,44+,45-,48?/m1/s1. The molecule has 3 saturated heterocycles. The summed E-state index contributed by atoms with van der Waals surface area (Å²) in [5.41, 5.74) is -5.86. The molecule has 16 atom stereocenters. The first kappa shape index (κ1) is 41.1. The maximum atomic E-state index is 15.1. The first-order valence-electron chi connectivity index (χ1n) is 22.8. The average molecular weight is 823 g/mol. The van der Waals surface area contributed by atoms with Crippen LogP contribution in [-0.4, -0.2) is 134 Å². The van der Waals surface area contributed by atoms with Gasteiger partial charge in [-0.1, -0.05) is 32.6 Å². The highest BCUT2D eigenvalue weighted by molar-refractivity contribution is 6.01. The summed E-state index contributed by atoms with van der Waals surface area (Å²) in [6.07, 6.45) is 4.43. The van der Waals surface area contributed by atoms with Gasteiger partial charge in [-0.15, -0.1) is 5.92 Å². The lowest BCUT2D eigenvalue weighted by Gasteiger charge is -2.67. The molecule has 59 heavy (non-hydrogen) atoms. The molecule has 0 aromatic heterocycles. The van der Waals surface area contributed by atoms with Crippen LogP contribution in [0.4, 0.5) is 0 Å². The SMILES string of the molecule is COCCCO[C@H]1CC[C@@]2(C)[C@@H](C1)C(=O)C1=C3[C@@]24C#CC[C@@H]2CN2C(=O)[C@@H]2N[C@@H](O)[C@@H]5O[C@@H]([C@H](CO)[C@H]5C25CCCC5)C(O)(O)[C@@](C)(O)[C@H]2C[C@@H](CC1)[C@]3(O)[C@]2(C)CC4. The van der Waals surface area contributed by atoms with Gasteiger partial charge < -0.3 is 49.7 Å². The Morgan fingerprint density at radius 1 is 0.966 bits per heavy atom. The zero-order valence-corrected chi connectivity index (χ0v) is 35.3. The van der Waals surface area contributed by atoms with E-state index < -0.39 is 87.5 Å². The monoisotopic (exact) mass is 822 g/mol. The van der Waals surface area contributed by atoms with Crippen molar-refractivity contribution >= 4 is 11.7 Å². The van der Waals surface area contributed by atoms with Crippen molar-refractivity contribution in [3.05, 3.63) is 11.1 Å². The lowest BCUT2D eigenvalue weighted by molar-refractivity contribution is -0.345. The molecular formula is C46H66N2O11. The number of piperidine rings is 1. The molecule has 1 amide bonds. The van der Waals surface area contributed by atoms with Crippen LogP contribution >= 0.6 is 0 Å². The molecule has 7 bridgehead atoms. The minimum absolute atomic E-state index is 0.0507. The van der Waals surface area contributed by atoms with E-state index in [2.05, 4.69) is 24.1 Å². The molecule has 0 aromatic rings. The highest BCUT2D eigenvalue weighted by atomic mass is 16.6. The molecule has 4 heterocycles. The summed E-state index contributed by atoms with van der Waals surface area (Å²) >= 11 is 0. The minimum Gasteiger partial charge on any atom is -0.396 e. The van der Waals surface area contributed by atoms with Crippen molar-refractivity contribution in [1.29, 1.82) is 0 Å². The first-order valence-corrected chi connectivity index (χ1v) is 22.8. The number of hydrogen-bond donors (Lipinski definition) is 7. The normalized spacial score (nSPS) is 51.3. The Morgan fingerprint density at radius 2 is 1.73 bits per heavy atom. The van der Waals surface area contributed by atoms with Crippen LogP contribution in [0, 0.1) is 63.1 Å². The van der Waals surface area contributed by atoms with Crippen LogP contribution in [0.3, 0.4) is 0 Å². The zero-order valence-electron chi connectivity index (χ0n) is 35.3. The van der Waals surface area contributed by atoms with E-state index in [0.29, 0.717) is 88.7 Å². The van der Waals surface area contributed by atoms with Crippen LogP contribution in [0.25, 0.3) is 0 Å². The summed E-state index contributed by atoms with van der Waals surface area (Å²) in [5.74, 6) is 1.25. The molecule has 7 fully saturated rings. The third kappa shape index (κ3) is 5.11. The summed E-state index contributed by atoms with van der Waals surface area (Å²) < 4.78 is 18.1. The van der Waals surface area contributed by atoms with Gasteiger partial charge in [0.2, 0.25) is 11.7 Å². The molecule has 1 spiro atoms. The number of ketones is 1. The predicted octanol–water partition coefficient (Wildman–Crippen LogP) is 1.93. The second-order valence-electron chi connectivity index (χ2n) is 21.3. The summed E-state index contributed by atoms with van der Waals surface area (Å²) in [5, 5.41) is 78.1. The zero-order chi connectivity index (χ0) is 41.7. The number of nitrogens with one attached hydrogen (secondary N) is 1. The van der Waals surface area contributed by atoms with E-state index in [-0.39, 0.29) is 42.1 Å². The number of nitrogens with zero attached hydrogens (tertiary/aromatic N) is 1. The van der Waals surface area contributed by atoms with E-state index in [9.17, 15) is 35.4 Å². The van der Waals surface area contributed by atoms with E-state index in [1.165, 1.54) is 6.92 Å². The summed E-state index contributed by atoms with van der Waals surface area (Å²) in [6, 6.07) is -0.910. The van der Waals surface area contributed by atoms with E-state index in [0.717, 1.165) is 25.7 Å². The van der Waals surface area contributed by atoms with Gasteiger partial charge in [0, 0.05) is 74.4 Å². The molecule has 326 valence electrons. The highest BCUT2D eigenvalue weighted by Gasteiger charge is 2.80. The van der Waals surface area contributed by atoms with Gasteiger partial charge in [0.1, 0.15) is 24.0 Å². The van der Waals surface area contributed by atoms with Crippen LogP contribution in [0.5, 0.6) is 0 Å². The number of aliphatic hydroxyl groups excluding tert-OH is 2. The molecular weight excluding hydrogens is 757 g/mol. The van der Waals surface area contributed by atoms with Gasteiger partial charge in [-0.05, 0) is 100 Å². The molecule has 4 saturated carbocycles. The number of Topliss-reactive ketones (excluding diaryl/α,β-unsaturated/α-hetero) is 1. The fourth-order valence-corrected chi connectivity index (χ4v) is 16.1. The number of amides is 1. The average Bonchev–Trinajstić information content (AvgIpc) is 3.49. The summed E-state index contributed by atoms with van der Waals surface area (Å²) in [7, 11) is 1.67. The molecule has 0 unspecified atom stereocenters. The Kier molecular flexibility index (Phi) is 9.41. The van der Waals surface area contributed by atoms with Crippen LogP contribution in [-0.2, 0) is 23.8 Å². The number of methoxy groups -OCH3 is 1. The second kappa shape index (κ2) is 13.5. The smallest absolute Gasteiger partial charge is 0.240 e. The Labute approximate surface area is 347 Å². The molecule has 6 aliphatic carbocycles. The van der Waals surface area contributed by atoms with Crippen LogP contribution in [0.15, 0.2) is 11.1 Å². The topological polar surface area (TPSA) is 198 Å². The molecule has 10 rings (SSSR count). The van der Waals surface area contributed by atoms with Crippen molar-refractivity contribution in [2.75, 3.05) is 33.5 Å². The lowest BCUT2D eigenvalue weighted by atomic mass is 9.37. The van der Waals surface area contributed by atoms with Crippen molar-refractivity contribution < 1.29 is 54.4 Å². The van der Waals surface area contributed by atoms with Gasteiger partial charge in [-0.25, -0.2) is 0 Å². The molecule has 10 aliphatic rings. The molecule has 4 aliphatic heterocycles. The Bertz CT molecular complexity index is 1870. The fraction of sp³-hybridized carbons (Fsp3) is 0.870. The van der Waals surface area contributed by atoms with E-state index in [1.807, 2.05) is 11.8 Å². The van der Waals surface area contributed by atoms with Gasteiger partial charge in [0.25, 0.3) is 0 Å². The number of rotatable bonds is 6. The molecule has 13 nitrogen and oxygen atoms in total. The third-order valence-corrected chi connectivity index (χ3v) is 19.2. The quantitative estimate of drug-likeness (QED) is 0.0892. The highest BCUT2D eigenvalue weighted by Crippen LogP contribution is 2.77. The Hall–Kier alpha value is -1.96. The van der Waals surface area contributed by atoms with Crippen molar-refractivity contribution in [2.45, 2.75) is 164 Å². The molecule has 0 aromatic carbocycles. The predicted molar refractivity (Wildman–Crippen MR) is 212 cm³/mol. The third-order valence-electron chi connectivity index (χ3n) is 19.2. The first-order chi connectivity index (χ1) is 28.0. The fourth-order valence-electron chi connectivity index (χ4n) is 16.1. The second-order valence-corrected chi connectivity index (χ2v) is 21.3. The molecule has 7 N–H and O–H groups in total. The minimum atomic E-state index is -2.95.